The summed E-state index contributed by atoms with van der Waals surface area (Å²) in [6.45, 7) is 5.76. The van der Waals surface area contributed by atoms with Crippen LogP contribution in [-0.4, -0.2) is 85.1 Å². The van der Waals surface area contributed by atoms with E-state index in [0.29, 0.717) is 105 Å². The normalized spacial score (nSPS) is 19.0. The van der Waals surface area contributed by atoms with E-state index in [2.05, 4.69) is 20.4 Å². The van der Waals surface area contributed by atoms with Crippen molar-refractivity contribution >= 4 is 58.2 Å². The molecule has 52 heavy (non-hydrogen) atoms. The summed E-state index contributed by atoms with van der Waals surface area (Å²) in [5, 5.41) is 7.46. The minimum absolute atomic E-state index is 0.00374. The molecule has 270 valence electrons. The Morgan fingerprint density at radius 2 is 1.04 bits per heavy atom. The van der Waals surface area contributed by atoms with Gasteiger partial charge in [0.1, 0.15) is 21.8 Å². The minimum Gasteiger partial charge on any atom is -0.496 e. The first-order chi connectivity index (χ1) is 25.0. The highest BCUT2D eigenvalue weighted by Gasteiger charge is 2.49. The molecule has 2 aromatic heterocycles. The molecular formula is C38H36Cl4N6O4. The predicted octanol–water partition coefficient (Wildman–Crippen LogP) is 6.75. The summed E-state index contributed by atoms with van der Waals surface area (Å²) in [6, 6.07) is 15.1. The van der Waals surface area contributed by atoms with Crippen LogP contribution in [0.5, 0.6) is 11.5 Å². The van der Waals surface area contributed by atoms with E-state index < -0.39 is 0 Å². The van der Waals surface area contributed by atoms with Gasteiger partial charge in [-0.05, 0) is 0 Å². The Kier molecular flexibility index (Phi) is 9.29. The van der Waals surface area contributed by atoms with Gasteiger partial charge in [-0.15, -0.1) is 0 Å². The molecule has 4 aliphatic rings. The molecule has 0 unspecified atom stereocenters. The van der Waals surface area contributed by atoms with Gasteiger partial charge in [-0.2, -0.15) is 0 Å². The molecule has 0 aliphatic carbocycles. The fraction of sp³-hybridized carbons (Fsp3) is 0.368. The molecule has 4 aliphatic heterocycles. The lowest BCUT2D eigenvalue weighted by Crippen LogP contribution is -2.56. The summed E-state index contributed by atoms with van der Waals surface area (Å²) in [6.07, 6.45) is 1.11. The third kappa shape index (κ3) is 6.37. The number of carbonyl (C=O) groups is 2. The van der Waals surface area contributed by atoms with Crippen molar-refractivity contribution in [3.8, 4) is 45.1 Å². The molecule has 2 N–H and O–H groups in total. The van der Waals surface area contributed by atoms with E-state index in [9.17, 15) is 9.59 Å². The monoisotopic (exact) mass is 780 g/mol. The number of rotatable bonds is 9. The van der Waals surface area contributed by atoms with Crippen LogP contribution in [0.4, 0.5) is 0 Å². The number of likely N-dealkylation sites (tertiary alicyclic amines) is 2. The van der Waals surface area contributed by atoms with Crippen LogP contribution >= 0.6 is 46.4 Å². The zero-order valence-electron chi connectivity index (χ0n) is 28.6. The maximum absolute atomic E-state index is 11.8. The highest BCUT2D eigenvalue weighted by molar-refractivity contribution is 6.39. The molecule has 0 radical (unpaired) electrons. The summed E-state index contributed by atoms with van der Waals surface area (Å²) < 4.78 is 11.6. The van der Waals surface area contributed by atoms with Gasteiger partial charge >= 0.3 is 0 Å². The van der Waals surface area contributed by atoms with Crippen molar-refractivity contribution < 1.29 is 19.1 Å². The Bertz CT molecular complexity index is 1970. The second-order valence-corrected chi connectivity index (χ2v) is 16.0. The molecule has 8 rings (SSSR count). The summed E-state index contributed by atoms with van der Waals surface area (Å²) in [7, 11) is 3.22. The van der Waals surface area contributed by atoms with Gasteiger partial charge in [-0.25, -0.2) is 9.97 Å². The van der Waals surface area contributed by atoms with Crippen molar-refractivity contribution in [2.75, 3.05) is 53.5 Å². The summed E-state index contributed by atoms with van der Waals surface area (Å²) in [4.78, 5) is 37.6. The van der Waals surface area contributed by atoms with Crippen LogP contribution in [0.2, 0.25) is 20.4 Å². The van der Waals surface area contributed by atoms with Crippen LogP contribution in [-0.2, 0) is 22.7 Å². The van der Waals surface area contributed by atoms with Crippen molar-refractivity contribution in [2.24, 2.45) is 10.8 Å². The van der Waals surface area contributed by atoms with Gasteiger partial charge in [-0.3, -0.25) is 19.4 Å². The van der Waals surface area contributed by atoms with Crippen LogP contribution in [0.1, 0.15) is 24.0 Å². The summed E-state index contributed by atoms with van der Waals surface area (Å²) >= 11 is 27.9. The van der Waals surface area contributed by atoms with Crippen molar-refractivity contribution in [2.45, 2.75) is 25.9 Å². The van der Waals surface area contributed by atoms with Crippen LogP contribution in [0.15, 0.2) is 48.5 Å². The van der Waals surface area contributed by atoms with E-state index >= 15 is 0 Å². The number of nitrogens with zero attached hydrogens (tertiary/aromatic N) is 4. The van der Waals surface area contributed by atoms with Crippen LogP contribution in [0, 0.1) is 10.8 Å². The van der Waals surface area contributed by atoms with E-state index in [1.807, 2.05) is 48.5 Å². The molecule has 0 bridgehead atoms. The Morgan fingerprint density at radius 3 is 1.38 bits per heavy atom. The maximum Gasteiger partial charge on any atom is 0.220 e. The maximum atomic E-state index is 11.8. The van der Waals surface area contributed by atoms with Gasteiger partial charge in [-0.1, -0.05) is 82.8 Å². The molecule has 2 amide bonds. The molecule has 0 saturated carbocycles. The lowest BCUT2D eigenvalue weighted by atomic mass is 9.79. The summed E-state index contributed by atoms with van der Waals surface area (Å²) in [5.41, 5.74) is 5.46. The van der Waals surface area contributed by atoms with Gasteiger partial charge < -0.3 is 20.1 Å². The standard InChI is InChI=1S/C38H36Cl4N6O4/c1-51-29-9-27(45-35(41)25(29)13-47-17-37(18-47)11-31(49)43-15-37)23-7-3-5-21(33(23)39)22-6-4-8-24(34(22)40)28-10-30(52-2)26(36(42)46-28)14-48-19-38(20-48)12-32(50)44-16-38/h3-10H,11-20H2,1-2H3,(H,43,49)(H,44,50). The second-order valence-electron chi connectivity index (χ2n) is 14.5. The first kappa shape index (κ1) is 35.4. The largest absolute Gasteiger partial charge is 0.496 e. The highest BCUT2D eigenvalue weighted by atomic mass is 35.5. The van der Waals surface area contributed by atoms with Crippen LogP contribution < -0.4 is 20.1 Å². The number of benzene rings is 2. The molecule has 6 heterocycles. The Morgan fingerprint density at radius 1 is 0.654 bits per heavy atom. The quantitative estimate of drug-likeness (QED) is 0.180. The average molecular weight is 783 g/mol. The number of pyridine rings is 2. The third-order valence-corrected chi connectivity index (χ3v) is 12.2. The molecule has 2 aromatic carbocycles. The van der Waals surface area contributed by atoms with Crippen LogP contribution in [0.25, 0.3) is 33.6 Å². The SMILES string of the molecule is COc1cc(-c2cccc(-c3cccc(-c4cc(OC)c(CN5CC6(CNC(=O)C6)C5)c(Cl)n4)c3Cl)c2Cl)nc(Cl)c1CN1CC2(CNC(=O)C2)C1. The number of carbonyl (C=O) groups excluding carboxylic acids is 2. The Labute approximate surface area is 321 Å². The van der Waals surface area contributed by atoms with Gasteiger partial charge in [0.15, 0.2) is 0 Å². The van der Waals surface area contributed by atoms with Gasteiger partial charge in [0.05, 0.1) is 35.7 Å². The van der Waals surface area contributed by atoms with E-state index in [0.717, 1.165) is 37.3 Å². The van der Waals surface area contributed by atoms with Crippen molar-refractivity contribution in [3.63, 3.8) is 0 Å². The molecule has 4 saturated heterocycles. The Balaban J connectivity index is 1.05. The first-order valence-electron chi connectivity index (χ1n) is 17.0. The second kappa shape index (κ2) is 13.6. The molecule has 4 aromatic rings. The average Bonchev–Trinajstić information content (AvgIpc) is 3.69. The summed E-state index contributed by atoms with van der Waals surface area (Å²) in [5.74, 6) is 1.44. The van der Waals surface area contributed by atoms with E-state index in [-0.39, 0.29) is 22.6 Å². The fourth-order valence-electron chi connectivity index (χ4n) is 8.27. The number of halogens is 4. The third-order valence-electron chi connectivity index (χ3n) is 10.7. The number of hydrogen-bond donors (Lipinski definition) is 2. The number of amides is 2. The molecule has 2 spiro atoms. The number of aromatic nitrogens is 2. The van der Waals surface area contributed by atoms with Gasteiger partial charge in [0.2, 0.25) is 11.8 Å². The highest BCUT2D eigenvalue weighted by Crippen LogP contribution is 2.45. The number of ether oxygens (including phenoxy) is 2. The molecule has 10 nitrogen and oxygen atoms in total. The van der Waals surface area contributed by atoms with Crippen molar-refractivity contribution in [1.29, 1.82) is 0 Å². The van der Waals surface area contributed by atoms with Crippen molar-refractivity contribution in [3.05, 3.63) is 80.0 Å². The number of hydrogen-bond acceptors (Lipinski definition) is 8. The van der Waals surface area contributed by atoms with Gasteiger partial charge in [0, 0.05) is 122 Å². The minimum atomic E-state index is 0.00374. The van der Waals surface area contributed by atoms with Crippen LogP contribution in [0.3, 0.4) is 0 Å². The fourth-order valence-corrected chi connectivity index (χ4v) is 9.40. The lowest BCUT2D eigenvalue weighted by molar-refractivity contribution is -0.121. The molecule has 4 fully saturated rings. The van der Waals surface area contributed by atoms with E-state index in [1.54, 1.807) is 14.2 Å². The zero-order chi connectivity index (χ0) is 36.4. The topological polar surface area (TPSA) is 109 Å². The van der Waals surface area contributed by atoms with E-state index in [1.165, 1.54) is 0 Å². The Hall–Kier alpha value is -3.64. The smallest absolute Gasteiger partial charge is 0.220 e. The van der Waals surface area contributed by atoms with Crippen molar-refractivity contribution in [1.82, 2.24) is 30.4 Å². The molecule has 0 atom stereocenters. The van der Waals surface area contributed by atoms with E-state index in [4.69, 9.17) is 65.8 Å². The lowest BCUT2D eigenvalue weighted by Gasteiger charge is -2.47. The predicted molar refractivity (Wildman–Crippen MR) is 202 cm³/mol. The molecular weight excluding hydrogens is 746 g/mol. The number of methoxy groups -OCH3 is 2. The molecule has 14 heteroatoms. The first-order valence-corrected chi connectivity index (χ1v) is 18.5. The number of nitrogens with one attached hydrogen (secondary N) is 2. The zero-order valence-corrected chi connectivity index (χ0v) is 31.6. The van der Waals surface area contributed by atoms with Gasteiger partial charge in [0.25, 0.3) is 0 Å².